The molecule has 0 amide bonds. The summed E-state index contributed by atoms with van der Waals surface area (Å²) in [7, 11) is 8.12. The molecule has 0 radical (unpaired) electrons. The number of hydrogen-bond acceptors (Lipinski definition) is 9. The van der Waals surface area contributed by atoms with Crippen LogP contribution in [0.5, 0.6) is 0 Å². The van der Waals surface area contributed by atoms with E-state index in [4.69, 9.17) is 4.98 Å². The molecule has 0 saturated carbocycles. The molecule has 1 fully saturated rings. The lowest BCUT2D eigenvalue weighted by molar-refractivity contribution is 0.0992. The van der Waals surface area contributed by atoms with E-state index < -0.39 is 0 Å². The average molecular weight is 474 g/mol. The van der Waals surface area contributed by atoms with Gasteiger partial charge in [-0.2, -0.15) is 0 Å². The van der Waals surface area contributed by atoms with E-state index in [0.717, 1.165) is 45.5 Å². The number of ketones is 1. The maximum atomic E-state index is 13.0. The number of thiazole rings is 1. The van der Waals surface area contributed by atoms with E-state index in [1.165, 1.54) is 0 Å². The molecule has 4 aromatic heterocycles. The van der Waals surface area contributed by atoms with Crippen LogP contribution in [0.3, 0.4) is 0 Å². The second-order valence-corrected chi connectivity index (χ2v) is 10.0. The van der Waals surface area contributed by atoms with Crippen LogP contribution in [-0.2, 0) is 6.42 Å². The summed E-state index contributed by atoms with van der Waals surface area (Å²) < 4.78 is 0. The molecule has 5 rings (SSSR count). The molecule has 1 saturated heterocycles. The van der Waals surface area contributed by atoms with Crippen LogP contribution in [0.2, 0.25) is 0 Å². The van der Waals surface area contributed by atoms with Crippen molar-refractivity contribution in [3.05, 3.63) is 60.2 Å². The van der Waals surface area contributed by atoms with Gasteiger partial charge < -0.3 is 14.7 Å². The third kappa shape index (κ3) is 4.49. The van der Waals surface area contributed by atoms with Crippen molar-refractivity contribution in [1.82, 2.24) is 24.8 Å². The molecular formula is C25H27N7OS. The lowest BCUT2D eigenvalue weighted by Gasteiger charge is -2.43. The Bertz CT molecular complexity index is 1340. The number of fused-ring (bicyclic) bond motifs is 1. The van der Waals surface area contributed by atoms with E-state index in [0.29, 0.717) is 17.3 Å². The lowest BCUT2D eigenvalue weighted by Crippen LogP contribution is -2.57. The van der Waals surface area contributed by atoms with Crippen molar-refractivity contribution < 1.29 is 4.79 Å². The Morgan fingerprint density at radius 2 is 1.88 bits per heavy atom. The summed E-state index contributed by atoms with van der Waals surface area (Å²) in [6.07, 6.45) is 5.56. The monoisotopic (exact) mass is 473 g/mol. The average Bonchev–Trinajstić information content (AvgIpc) is 3.28. The van der Waals surface area contributed by atoms with Crippen molar-refractivity contribution in [2.24, 2.45) is 0 Å². The van der Waals surface area contributed by atoms with E-state index in [-0.39, 0.29) is 12.2 Å². The summed E-state index contributed by atoms with van der Waals surface area (Å²) >= 11 is 1.60. The molecule has 4 aromatic rings. The van der Waals surface area contributed by atoms with Gasteiger partial charge in [-0.1, -0.05) is 11.3 Å². The number of hydrogen-bond donors (Lipinski definition) is 0. The number of pyridine rings is 3. The number of likely N-dealkylation sites (N-methyl/N-ethyl adjacent to an activating group) is 1. The largest absolute Gasteiger partial charge is 0.354 e. The minimum atomic E-state index is 0.0226. The van der Waals surface area contributed by atoms with Gasteiger partial charge in [-0.3, -0.25) is 9.78 Å². The first-order valence-corrected chi connectivity index (χ1v) is 12.0. The van der Waals surface area contributed by atoms with Crippen LogP contribution in [0, 0.1) is 0 Å². The second-order valence-electron chi connectivity index (χ2n) is 8.99. The number of aromatic nitrogens is 4. The Morgan fingerprint density at radius 3 is 2.62 bits per heavy atom. The first-order valence-electron chi connectivity index (χ1n) is 11.2. The van der Waals surface area contributed by atoms with Gasteiger partial charge in [0.05, 0.1) is 28.2 Å². The van der Waals surface area contributed by atoms with Crippen LogP contribution >= 0.6 is 11.3 Å². The minimum Gasteiger partial charge on any atom is -0.354 e. The highest BCUT2D eigenvalue weighted by molar-refractivity contribution is 7.18. The van der Waals surface area contributed by atoms with Crippen LogP contribution in [0.1, 0.15) is 16.1 Å². The second kappa shape index (κ2) is 9.08. The highest BCUT2D eigenvalue weighted by Gasteiger charge is 2.29. The van der Waals surface area contributed by atoms with Crippen molar-refractivity contribution in [2.45, 2.75) is 12.5 Å². The van der Waals surface area contributed by atoms with Gasteiger partial charge in [0.15, 0.2) is 10.9 Å². The SMILES string of the molecule is CN(C)c1ncc(-c2ccc3cnc(CC(=O)c4ccnc(N5CC(N(C)C)C5)c4)cc3n2)s1. The van der Waals surface area contributed by atoms with Gasteiger partial charge in [0.1, 0.15) is 5.82 Å². The zero-order chi connectivity index (χ0) is 23.8. The lowest BCUT2D eigenvalue weighted by atomic mass is 10.0. The number of carbonyl (C=O) groups excluding carboxylic acids is 1. The van der Waals surface area contributed by atoms with E-state index in [1.54, 1.807) is 29.8 Å². The fraction of sp³-hybridized carbons (Fsp3) is 0.320. The summed E-state index contributed by atoms with van der Waals surface area (Å²) in [5.74, 6) is 0.873. The molecule has 0 unspecified atom stereocenters. The van der Waals surface area contributed by atoms with E-state index in [9.17, 15) is 4.79 Å². The summed E-state index contributed by atoms with van der Waals surface area (Å²) in [6, 6.07) is 10.1. The molecule has 9 heteroatoms. The van der Waals surface area contributed by atoms with Crippen molar-refractivity contribution >= 4 is 39.0 Å². The Labute approximate surface area is 202 Å². The number of nitrogens with zero attached hydrogens (tertiary/aromatic N) is 7. The number of Topliss-reactive ketones (excluding diaryl/α,β-unsaturated/α-hetero) is 1. The summed E-state index contributed by atoms with van der Waals surface area (Å²) in [6.45, 7) is 1.85. The molecule has 1 aliphatic heterocycles. The number of carbonyl (C=O) groups is 1. The van der Waals surface area contributed by atoms with Gasteiger partial charge in [-0.25, -0.2) is 15.0 Å². The third-order valence-electron chi connectivity index (χ3n) is 6.08. The van der Waals surface area contributed by atoms with E-state index in [2.05, 4.69) is 38.8 Å². The molecule has 0 aliphatic carbocycles. The van der Waals surface area contributed by atoms with Gasteiger partial charge in [0, 0.05) is 62.8 Å². The fourth-order valence-corrected chi connectivity index (χ4v) is 4.69. The van der Waals surface area contributed by atoms with Crippen LogP contribution in [0.15, 0.2) is 48.9 Å². The van der Waals surface area contributed by atoms with Gasteiger partial charge in [-0.15, -0.1) is 0 Å². The highest BCUT2D eigenvalue weighted by atomic mass is 32.1. The van der Waals surface area contributed by atoms with Crippen molar-refractivity contribution in [3.8, 4) is 10.6 Å². The van der Waals surface area contributed by atoms with Crippen LogP contribution in [-0.4, -0.2) is 77.9 Å². The predicted octanol–water partition coefficient (Wildman–Crippen LogP) is 3.39. The molecule has 0 N–H and O–H groups in total. The maximum absolute atomic E-state index is 13.0. The molecule has 1 aliphatic rings. The Morgan fingerprint density at radius 1 is 1.06 bits per heavy atom. The number of anilines is 2. The normalized spacial score (nSPS) is 14.0. The van der Waals surface area contributed by atoms with Crippen LogP contribution in [0.4, 0.5) is 10.9 Å². The Hall–Kier alpha value is -3.43. The molecule has 174 valence electrons. The summed E-state index contributed by atoms with van der Waals surface area (Å²) in [5, 5.41) is 1.88. The van der Waals surface area contributed by atoms with Gasteiger partial charge >= 0.3 is 0 Å². The topological polar surface area (TPSA) is 78.4 Å². The fourth-order valence-electron chi connectivity index (χ4n) is 3.88. The van der Waals surface area contributed by atoms with Crippen LogP contribution < -0.4 is 9.80 Å². The van der Waals surface area contributed by atoms with Gasteiger partial charge in [0.25, 0.3) is 0 Å². The maximum Gasteiger partial charge on any atom is 0.185 e. The summed E-state index contributed by atoms with van der Waals surface area (Å²) in [5.41, 5.74) is 3.05. The van der Waals surface area contributed by atoms with Crippen molar-refractivity contribution in [1.29, 1.82) is 0 Å². The first-order chi connectivity index (χ1) is 16.4. The zero-order valence-corrected chi connectivity index (χ0v) is 20.6. The smallest absolute Gasteiger partial charge is 0.185 e. The highest BCUT2D eigenvalue weighted by Crippen LogP contribution is 2.30. The molecule has 0 aromatic carbocycles. The standard InChI is InChI=1S/C25H27N7OS/c1-30(2)19-14-32(15-19)24-9-16(7-8-26-24)22(33)11-18-10-21-17(12-27-18)5-6-20(29-21)23-13-28-25(34-23)31(3)4/h5-10,12-13,19H,11,14-15H2,1-4H3. The van der Waals surface area contributed by atoms with Crippen molar-refractivity contribution in [2.75, 3.05) is 51.1 Å². The number of rotatable bonds is 7. The molecule has 34 heavy (non-hydrogen) atoms. The van der Waals surface area contributed by atoms with E-state index >= 15 is 0 Å². The molecule has 0 bridgehead atoms. The molecule has 5 heterocycles. The Kier molecular flexibility index (Phi) is 5.97. The minimum absolute atomic E-state index is 0.0226. The molecule has 8 nitrogen and oxygen atoms in total. The quantitative estimate of drug-likeness (QED) is 0.378. The van der Waals surface area contributed by atoms with Crippen LogP contribution in [0.25, 0.3) is 21.5 Å². The zero-order valence-electron chi connectivity index (χ0n) is 19.8. The van der Waals surface area contributed by atoms with Gasteiger partial charge in [0.2, 0.25) is 0 Å². The predicted molar refractivity (Wildman–Crippen MR) is 137 cm³/mol. The molecular weight excluding hydrogens is 446 g/mol. The molecule has 0 spiro atoms. The summed E-state index contributed by atoms with van der Waals surface area (Å²) in [4.78, 5) is 38.7. The molecule has 0 atom stereocenters. The first kappa shape index (κ1) is 22.4. The van der Waals surface area contributed by atoms with Crippen molar-refractivity contribution in [3.63, 3.8) is 0 Å². The Balaban J connectivity index is 1.33. The van der Waals surface area contributed by atoms with Gasteiger partial charge in [-0.05, 0) is 44.4 Å². The third-order valence-corrected chi connectivity index (χ3v) is 7.27. The van der Waals surface area contributed by atoms with E-state index in [1.807, 2.05) is 49.5 Å².